The van der Waals surface area contributed by atoms with E-state index < -0.39 is 0 Å². The Balaban J connectivity index is 1.99. The highest BCUT2D eigenvalue weighted by atomic mass is 32.1. The van der Waals surface area contributed by atoms with E-state index in [2.05, 4.69) is 16.0 Å². The molecule has 2 amide bonds. The number of rotatable bonds is 5. The van der Waals surface area contributed by atoms with Crippen molar-refractivity contribution in [2.45, 2.75) is 33.2 Å². The van der Waals surface area contributed by atoms with Crippen molar-refractivity contribution in [2.24, 2.45) is 0 Å². The van der Waals surface area contributed by atoms with E-state index in [1.54, 1.807) is 36.4 Å². The number of hydrogen-bond donors (Lipinski definition) is 3. The van der Waals surface area contributed by atoms with E-state index in [1.807, 2.05) is 32.9 Å². The number of nitrogens with one attached hydrogen (secondary N) is 3. The van der Waals surface area contributed by atoms with Crippen LogP contribution in [0.25, 0.3) is 0 Å². The maximum absolute atomic E-state index is 12.2. The molecular weight excluding hydrogens is 346 g/mol. The van der Waals surface area contributed by atoms with Gasteiger partial charge in [0.15, 0.2) is 5.11 Å². The van der Waals surface area contributed by atoms with Crippen LogP contribution >= 0.6 is 12.2 Å². The monoisotopic (exact) mass is 369 g/mol. The predicted molar refractivity (Wildman–Crippen MR) is 109 cm³/mol. The highest BCUT2D eigenvalue weighted by Crippen LogP contribution is 2.11. The molecule has 2 rings (SSSR count). The van der Waals surface area contributed by atoms with Gasteiger partial charge < -0.3 is 10.6 Å². The van der Waals surface area contributed by atoms with Gasteiger partial charge in [0, 0.05) is 22.9 Å². The number of carbonyl (C=O) groups is 2. The second-order valence-corrected chi connectivity index (χ2v) is 6.55. The molecule has 0 fully saturated rings. The Bertz CT molecular complexity index is 820. The topological polar surface area (TPSA) is 70.2 Å². The van der Waals surface area contributed by atoms with E-state index in [1.165, 1.54) is 0 Å². The third-order valence-electron chi connectivity index (χ3n) is 3.88. The summed E-state index contributed by atoms with van der Waals surface area (Å²) in [6.07, 6.45) is 0.860. The van der Waals surface area contributed by atoms with Crippen molar-refractivity contribution >= 4 is 34.8 Å². The molecule has 0 aliphatic heterocycles. The Morgan fingerprint density at radius 2 is 1.69 bits per heavy atom. The maximum Gasteiger partial charge on any atom is 0.257 e. The van der Waals surface area contributed by atoms with E-state index >= 15 is 0 Å². The summed E-state index contributed by atoms with van der Waals surface area (Å²) < 4.78 is 0. The SMILES string of the molecule is CCC(C)NC(=O)c1cccc(NC(=S)NC(=O)c2cccc(C)c2)c1. The number of hydrogen-bond acceptors (Lipinski definition) is 3. The second-order valence-electron chi connectivity index (χ2n) is 6.14. The average Bonchev–Trinajstić information content (AvgIpc) is 2.61. The maximum atomic E-state index is 12.2. The van der Waals surface area contributed by atoms with Crippen molar-refractivity contribution in [3.8, 4) is 0 Å². The smallest absolute Gasteiger partial charge is 0.257 e. The molecule has 6 heteroatoms. The number of benzene rings is 2. The minimum atomic E-state index is -0.281. The summed E-state index contributed by atoms with van der Waals surface area (Å²) in [5.74, 6) is -0.422. The molecule has 0 aliphatic rings. The average molecular weight is 369 g/mol. The fourth-order valence-corrected chi connectivity index (χ4v) is 2.48. The Hall–Kier alpha value is -2.73. The molecular formula is C20H23N3O2S. The third-order valence-corrected chi connectivity index (χ3v) is 4.08. The molecule has 0 radical (unpaired) electrons. The molecule has 1 unspecified atom stereocenters. The second kappa shape index (κ2) is 9.10. The van der Waals surface area contributed by atoms with Crippen LogP contribution in [-0.2, 0) is 0 Å². The quantitative estimate of drug-likeness (QED) is 0.704. The van der Waals surface area contributed by atoms with Gasteiger partial charge in [-0.3, -0.25) is 14.9 Å². The minimum Gasteiger partial charge on any atom is -0.350 e. The Morgan fingerprint density at radius 3 is 2.35 bits per heavy atom. The normalized spacial score (nSPS) is 11.3. The standard InChI is InChI=1S/C20H23N3O2S/c1-4-14(3)21-18(24)16-9-6-10-17(12-16)22-20(26)23-19(25)15-8-5-7-13(2)11-15/h5-12,14H,4H2,1-3H3,(H,21,24)(H2,22,23,25,26). The van der Waals surface area contributed by atoms with Crippen LogP contribution < -0.4 is 16.0 Å². The first-order valence-corrected chi connectivity index (χ1v) is 8.89. The van der Waals surface area contributed by atoms with Crippen LogP contribution in [0.1, 0.15) is 46.5 Å². The van der Waals surface area contributed by atoms with Crippen LogP contribution in [0, 0.1) is 6.92 Å². The van der Waals surface area contributed by atoms with E-state index in [9.17, 15) is 9.59 Å². The van der Waals surface area contributed by atoms with Crippen molar-refractivity contribution in [2.75, 3.05) is 5.32 Å². The zero-order chi connectivity index (χ0) is 19.1. The Kier molecular flexibility index (Phi) is 6.86. The van der Waals surface area contributed by atoms with Crippen LogP contribution in [0.4, 0.5) is 5.69 Å². The van der Waals surface area contributed by atoms with Gasteiger partial charge in [-0.05, 0) is 62.8 Å². The van der Waals surface area contributed by atoms with Crippen molar-refractivity contribution in [3.63, 3.8) is 0 Å². The van der Waals surface area contributed by atoms with Crippen LogP contribution in [0.3, 0.4) is 0 Å². The summed E-state index contributed by atoms with van der Waals surface area (Å²) >= 11 is 5.20. The summed E-state index contributed by atoms with van der Waals surface area (Å²) in [4.78, 5) is 24.4. The lowest BCUT2D eigenvalue weighted by molar-refractivity contribution is 0.0937. The number of anilines is 1. The van der Waals surface area contributed by atoms with Gasteiger partial charge >= 0.3 is 0 Å². The fraction of sp³-hybridized carbons (Fsp3) is 0.250. The summed E-state index contributed by atoms with van der Waals surface area (Å²) in [7, 11) is 0. The Morgan fingerprint density at radius 1 is 1.04 bits per heavy atom. The van der Waals surface area contributed by atoms with Crippen LogP contribution in [-0.4, -0.2) is 23.0 Å². The summed E-state index contributed by atoms with van der Waals surface area (Å²) in [6, 6.07) is 14.3. The molecule has 26 heavy (non-hydrogen) atoms. The minimum absolute atomic E-state index is 0.105. The van der Waals surface area contributed by atoms with Crippen LogP contribution in [0.2, 0.25) is 0 Å². The lowest BCUT2D eigenvalue weighted by Gasteiger charge is -2.13. The Labute approximate surface area is 159 Å². The van der Waals surface area contributed by atoms with Crippen molar-refractivity contribution in [1.82, 2.24) is 10.6 Å². The molecule has 0 spiro atoms. The molecule has 136 valence electrons. The van der Waals surface area contributed by atoms with Crippen molar-refractivity contribution < 1.29 is 9.59 Å². The van der Waals surface area contributed by atoms with Gasteiger partial charge in [-0.25, -0.2) is 0 Å². The third kappa shape index (κ3) is 5.67. The van der Waals surface area contributed by atoms with E-state index in [0.29, 0.717) is 16.8 Å². The molecule has 0 aliphatic carbocycles. The molecule has 5 nitrogen and oxygen atoms in total. The van der Waals surface area contributed by atoms with Gasteiger partial charge in [-0.1, -0.05) is 30.7 Å². The van der Waals surface area contributed by atoms with Gasteiger partial charge in [-0.15, -0.1) is 0 Å². The van der Waals surface area contributed by atoms with Crippen LogP contribution in [0.15, 0.2) is 48.5 Å². The summed E-state index contributed by atoms with van der Waals surface area (Å²) in [5, 5.41) is 8.67. The van der Waals surface area contributed by atoms with E-state index in [4.69, 9.17) is 12.2 Å². The molecule has 0 heterocycles. The van der Waals surface area contributed by atoms with Crippen LogP contribution in [0.5, 0.6) is 0 Å². The van der Waals surface area contributed by atoms with Gasteiger partial charge in [0.25, 0.3) is 11.8 Å². The highest BCUT2D eigenvalue weighted by molar-refractivity contribution is 7.80. The van der Waals surface area contributed by atoms with Crippen molar-refractivity contribution in [1.29, 1.82) is 0 Å². The zero-order valence-electron chi connectivity index (χ0n) is 15.1. The molecule has 0 saturated carbocycles. The molecule has 2 aromatic carbocycles. The summed E-state index contributed by atoms with van der Waals surface area (Å²) in [5.41, 5.74) is 2.70. The first kappa shape index (κ1) is 19.6. The highest BCUT2D eigenvalue weighted by Gasteiger charge is 2.11. The zero-order valence-corrected chi connectivity index (χ0v) is 15.9. The number of aryl methyl sites for hydroxylation is 1. The van der Waals surface area contributed by atoms with Gasteiger partial charge in [0.2, 0.25) is 0 Å². The largest absolute Gasteiger partial charge is 0.350 e. The summed E-state index contributed by atoms with van der Waals surface area (Å²) in [6.45, 7) is 5.89. The molecule has 1 atom stereocenters. The number of amides is 2. The number of carbonyl (C=O) groups excluding carboxylic acids is 2. The molecule has 3 N–H and O–H groups in total. The number of thiocarbonyl (C=S) groups is 1. The van der Waals surface area contributed by atoms with Crippen molar-refractivity contribution in [3.05, 3.63) is 65.2 Å². The molecule has 2 aromatic rings. The lowest BCUT2D eigenvalue weighted by Crippen LogP contribution is -2.34. The lowest BCUT2D eigenvalue weighted by atomic mass is 10.1. The van der Waals surface area contributed by atoms with E-state index in [0.717, 1.165) is 12.0 Å². The van der Waals surface area contributed by atoms with Gasteiger partial charge in [0.1, 0.15) is 0 Å². The molecule has 0 saturated heterocycles. The fourth-order valence-electron chi connectivity index (χ4n) is 2.27. The molecule has 0 bridgehead atoms. The van der Waals surface area contributed by atoms with Gasteiger partial charge in [-0.2, -0.15) is 0 Å². The van der Waals surface area contributed by atoms with Gasteiger partial charge in [0.05, 0.1) is 0 Å². The first-order valence-electron chi connectivity index (χ1n) is 8.49. The molecule has 0 aromatic heterocycles. The van der Waals surface area contributed by atoms with E-state index in [-0.39, 0.29) is 23.0 Å². The first-order chi connectivity index (χ1) is 12.4. The predicted octanol–water partition coefficient (Wildman–Crippen LogP) is 3.65.